The number of halogens is 3. The van der Waals surface area contributed by atoms with Crippen molar-refractivity contribution in [3.05, 3.63) is 35.1 Å². The number of hydrogen-bond donors (Lipinski definition) is 0. The third-order valence-electron chi connectivity index (χ3n) is 5.08. The second-order valence-corrected chi connectivity index (χ2v) is 5.97. The lowest BCUT2D eigenvalue weighted by molar-refractivity contribution is -0.125. The Labute approximate surface area is 117 Å². The highest BCUT2D eigenvalue weighted by Gasteiger charge is 2.65. The molecule has 1 nitrogen and oxygen atoms in total. The first-order valence-electron chi connectivity index (χ1n) is 6.96. The number of Topliss-reactive ketones (excluding diaryl/α,β-unsaturated/α-hetero) is 1. The quantitative estimate of drug-likeness (QED) is 0.781. The average Bonchev–Trinajstić information content (AvgIpc) is 3.01. The van der Waals surface area contributed by atoms with Gasteiger partial charge in [-0.1, -0.05) is 20.8 Å². The van der Waals surface area contributed by atoms with Gasteiger partial charge in [0, 0.05) is 29.5 Å². The monoisotopic (exact) mass is 284 g/mol. The van der Waals surface area contributed by atoms with Gasteiger partial charge in [-0.15, -0.1) is 0 Å². The van der Waals surface area contributed by atoms with Crippen LogP contribution >= 0.6 is 0 Å². The summed E-state index contributed by atoms with van der Waals surface area (Å²) in [5, 5.41) is 0. The Morgan fingerprint density at radius 3 is 2.10 bits per heavy atom. The number of carbonyl (C=O) groups is 1. The van der Waals surface area contributed by atoms with Gasteiger partial charge in [0.1, 0.15) is 23.2 Å². The third-order valence-corrected chi connectivity index (χ3v) is 5.08. The maximum Gasteiger partial charge on any atom is 0.144 e. The fourth-order valence-corrected chi connectivity index (χ4v) is 3.34. The second-order valence-electron chi connectivity index (χ2n) is 5.97. The van der Waals surface area contributed by atoms with E-state index in [9.17, 15) is 18.0 Å². The van der Waals surface area contributed by atoms with Crippen molar-refractivity contribution in [2.75, 3.05) is 0 Å². The summed E-state index contributed by atoms with van der Waals surface area (Å²) >= 11 is 0. The number of hydrogen-bond acceptors (Lipinski definition) is 1. The first-order valence-corrected chi connectivity index (χ1v) is 6.96. The van der Waals surface area contributed by atoms with Crippen LogP contribution in [-0.2, 0) is 11.2 Å². The van der Waals surface area contributed by atoms with Crippen LogP contribution in [0.15, 0.2) is 12.1 Å². The minimum atomic E-state index is -0.985. The van der Waals surface area contributed by atoms with Gasteiger partial charge >= 0.3 is 0 Å². The van der Waals surface area contributed by atoms with Gasteiger partial charge in [0.25, 0.3) is 0 Å². The highest BCUT2D eigenvalue weighted by Crippen LogP contribution is 2.68. The number of ketones is 1. The van der Waals surface area contributed by atoms with E-state index < -0.39 is 22.9 Å². The van der Waals surface area contributed by atoms with E-state index >= 15 is 0 Å². The third kappa shape index (κ3) is 2.15. The molecule has 1 aromatic carbocycles. The van der Waals surface area contributed by atoms with Crippen LogP contribution in [0.5, 0.6) is 0 Å². The Hall–Kier alpha value is -1.32. The predicted octanol–water partition coefficient (Wildman–Crippen LogP) is 4.43. The first-order chi connectivity index (χ1) is 9.29. The zero-order valence-electron chi connectivity index (χ0n) is 12.0. The van der Waals surface area contributed by atoms with Crippen molar-refractivity contribution in [2.45, 2.75) is 46.5 Å². The van der Waals surface area contributed by atoms with Crippen LogP contribution in [0, 0.1) is 28.3 Å². The fourth-order valence-electron chi connectivity index (χ4n) is 3.34. The normalized spacial score (nSPS) is 28.5. The molecule has 0 bridgehead atoms. The van der Waals surface area contributed by atoms with Crippen LogP contribution in [0.2, 0.25) is 0 Å². The molecule has 1 aliphatic carbocycles. The molecule has 1 aliphatic rings. The smallest absolute Gasteiger partial charge is 0.144 e. The molecule has 2 atom stereocenters. The molecule has 0 amide bonds. The van der Waals surface area contributed by atoms with Gasteiger partial charge in [-0.05, 0) is 24.7 Å². The minimum absolute atomic E-state index is 0.0776. The molecule has 2 unspecified atom stereocenters. The van der Waals surface area contributed by atoms with Gasteiger partial charge < -0.3 is 0 Å². The molecule has 1 fully saturated rings. The summed E-state index contributed by atoms with van der Waals surface area (Å²) in [6.45, 7) is 5.98. The molecule has 0 spiro atoms. The van der Waals surface area contributed by atoms with E-state index in [0.29, 0.717) is 18.6 Å². The summed E-state index contributed by atoms with van der Waals surface area (Å²) in [6, 6.07) is 1.24. The van der Waals surface area contributed by atoms with E-state index in [0.717, 1.165) is 12.8 Å². The van der Waals surface area contributed by atoms with Gasteiger partial charge in [0.2, 0.25) is 0 Å². The summed E-state index contributed by atoms with van der Waals surface area (Å²) in [4.78, 5) is 12.5. The summed E-state index contributed by atoms with van der Waals surface area (Å²) in [7, 11) is 0. The van der Waals surface area contributed by atoms with Crippen LogP contribution < -0.4 is 0 Å². The molecule has 2 rings (SSSR count). The molecule has 1 saturated carbocycles. The SMILES string of the molecule is CCC1(C)CC1(CC)C(=O)Cc1c(F)cc(F)cc1F. The van der Waals surface area contributed by atoms with Crippen molar-refractivity contribution in [3.63, 3.8) is 0 Å². The number of benzene rings is 1. The lowest BCUT2D eigenvalue weighted by Crippen LogP contribution is -2.24. The average molecular weight is 284 g/mol. The molecule has 0 saturated heterocycles. The molecule has 0 radical (unpaired) electrons. The highest BCUT2D eigenvalue weighted by atomic mass is 19.1. The van der Waals surface area contributed by atoms with Crippen LogP contribution in [0.1, 0.15) is 45.6 Å². The van der Waals surface area contributed by atoms with Gasteiger partial charge in [-0.2, -0.15) is 0 Å². The summed E-state index contributed by atoms with van der Waals surface area (Å²) in [5.74, 6) is -3.08. The molecule has 0 N–H and O–H groups in total. The summed E-state index contributed by atoms with van der Waals surface area (Å²) in [5.41, 5.74) is -0.879. The molecule has 0 heterocycles. The van der Waals surface area contributed by atoms with E-state index in [-0.39, 0.29) is 23.2 Å². The zero-order valence-corrected chi connectivity index (χ0v) is 12.0. The van der Waals surface area contributed by atoms with Crippen LogP contribution in [0.25, 0.3) is 0 Å². The first kappa shape index (κ1) is 15.1. The molecule has 0 aromatic heterocycles. The van der Waals surface area contributed by atoms with Crippen LogP contribution in [0.4, 0.5) is 13.2 Å². The molecular formula is C16H19F3O. The van der Waals surface area contributed by atoms with E-state index in [1.54, 1.807) is 0 Å². The van der Waals surface area contributed by atoms with Crippen LogP contribution in [-0.4, -0.2) is 5.78 Å². The van der Waals surface area contributed by atoms with Gasteiger partial charge in [-0.3, -0.25) is 4.79 Å². The number of carbonyl (C=O) groups excluding carboxylic acids is 1. The molecule has 20 heavy (non-hydrogen) atoms. The van der Waals surface area contributed by atoms with Crippen molar-refractivity contribution in [2.24, 2.45) is 10.8 Å². The summed E-state index contributed by atoms with van der Waals surface area (Å²) in [6.07, 6.45) is 1.99. The Morgan fingerprint density at radius 2 is 1.70 bits per heavy atom. The van der Waals surface area contributed by atoms with Crippen molar-refractivity contribution >= 4 is 5.78 Å². The largest absolute Gasteiger partial charge is 0.299 e. The Kier molecular flexibility index (Phi) is 3.69. The lowest BCUT2D eigenvalue weighted by Gasteiger charge is -2.19. The van der Waals surface area contributed by atoms with Gasteiger partial charge in [-0.25, -0.2) is 13.2 Å². The van der Waals surface area contributed by atoms with Crippen LogP contribution in [0.3, 0.4) is 0 Å². The van der Waals surface area contributed by atoms with E-state index in [1.807, 2.05) is 20.8 Å². The Bertz CT molecular complexity index is 532. The fraction of sp³-hybridized carbons (Fsp3) is 0.562. The summed E-state index contributed by atoms with van der Waals surface area (Å²) < 4.78 is 40.1. The molecule has 0 aliphatic heterocycles. The molecule has 110 valence electrons. The zero-order chi connectivity index (χ0) is 15.1. The second kappa shape index (κ2) is 4.90. The molecule has 1 aromatic rings. The van der Waals surface area contributed by atoms with E-state index in [2.05, 4.69) is 0 Å². The Balaban J connectivity index is 2.26. The number of rotatable bonds is 5. The minimum Gasteiger partial charge on any atom is -0.299 e. The molecular weight excluding hydrogens is 265 g/mol. The van der Waals surface area contributed by atoms with Gasteiger partial charge in [0.05, 0.1) is 0 Å². The van der Waals surface area contributed by atoms with E-state index in [1.165, 1.54) is 0 Å². The molecule has 4 heteroatoms. The topological polar surface area (TPSA) is 17.1 Å². The maximum absolute atomic E-state index is 13.6. The van der Waals surface area contributed by atoms with Crippen molar-refractivity contribution in [1.82, 2.24) is 0 Å². The highest BCUT2D eigenvalue weighted by molar-refractivity contribution is 5.90. The predicted molar refractivity (Wildman–Crippen MR) is 70.8 cm³/mol. The standard InChI is InChI=1S/C16H19F3O/c1-4-15(3)9-16(15,5-2)14(20)8-11-12(18)6-10(17)7-13(11)19/h6-7H,4-5,8-9H2,1-3H3. The van der Waals surface area contributed by atoms with Crippen molar-refractivity contribution < 1.29 is 18.0 Å². The lowest BCUT2D eigenvalue weighted by atomic mass is 9.83. The maximum atomic E-state index is 13.6. The Morgan fingerprint density at radius 1 is 1.15 bits per heavy atom. The van der Waals surface area contributed by atoms with E-state index in [4.69, 9.17) is 0 Å². The van der Waals surface area contributed by atoms with Gasteiger partial charge in [0.15, 0.2) is 0 Å². The van der Waals surface area contributed by atoms with Crippen molar-refractivity contribution in [1.29, 1.82) is 0 Å². The van der Waals surface area contributed by atoms with Crippen molar-refractivity contribution in [3.8, 4) is 0 Å².